The summed E-state index contributed by atoms with van der Waals surface area (Å²) in [6, 6.07) is 0. The predicted molar refractivity (Wildman–Crippen MR) is 52.3 cm³/mol. The highest BCUT2D eigenvalue weighted by molar-refractivity contribution is 4.69. The van der Waals surface area contributed by atoms with Crippen LogP contribution in [0.5, 0.6) is 0 Å². The maximum Gasteiger partial charge on any atom is 0.216 e. The van der Waals surface area contributed by atoms with Crippen molar-refractivity contribution in [3.8, 4) is 0 Å². The third-order valence-corrected chi connectivity index (χ3v) is 2.73. The van der Waals surface area contributed by atoms with Crippen LogP contribution in [-0.4, -0.2) is 35.1 Å². The molecule has 3 nitrogen and oxygen atoms in total. The molecule has 3 heteroatoms. The van der Waals surface area contributed by atoms with Crippen molar-refractivity contribution in [2.75, 3.05) is 13.1 Å². The van der Waals surface area contributed by atoms with Crippen LogP contribution in [0.25, 0.3) is 0 Å². The van der Waals surface area contributed by atoms with Gasteiger partial charge >= 0.3 is 0 Å². The standard InChI is InChI=1S/C10H21NO2/c1-4-10(2,3)13-9(12)11-7-5-6-8-11/h9,12H,4-8H2,1-3H3. The van der Waals surface area contributed by atoms with E-state index in [4.69, 9.17) is 4.74 Å². The van der Waals surface area contributed by atoms with Gasteiger partial charge in [-0.25, -0.2) is 0 Å². The highest BCUT2D eigenvalue weighted by Gasteiger charge is 2.26. The average Bonchev–Trinajstić information content (AvgIpc) is 2.55. The van der Waals surface area contributed by atoms with Gasteiger partial charge in [0.05, 0.1) is 5.60 Å². The molecule has 0 aromatic heterocycles. The van der Waals surface area contributed by atoms with Crippen molar-refractivity contribution in [1.29, 1.82) is 0 Å². The molecule has 1 unspecified atom stereocenters. The van der Waals surface area contributed by atoms with Crippen molar-refractivity contribution in [3.63, 3.8) is 0 Å². The summed E-state index contributed by atoms with van der Waals surface area (Å²) in [7, 11) is 0. The molecule has 0 bridgehead atoms. The van der Waals surface area contributed by atoms with E-state index < -0.39 is 6.41 Å². The maximum absolute atomic E-state index is 9.72. The summed E-state index contributed by atoms with van der Waals surface area (Å²) in [6.45, 7) is 8.00. The Morgan fingerprint density at radius 2 is 1.92 bits per heavy atom. The summed E-state index contributed by atoms with van der Waals surface area (Å²) in [5, 5.41) is 9.72. The lowest BCUT2D eigenvalue weighted by atomic mass is 10.1. The molecule has 0 saturated carbocycles. The Morgan fingerprint density at radius 3 is 2.38 bits per heavy atom. The van der Waals surface area contributed by atoms with Gasteiger partial charge in [0.2, 0.25) is 6.41 Å². The second-order valence-electron chi connectivity index (χ2n) is 4.30. The highest BCUT2D eigenvalue weighted by atomic mass is 16.6. The third kappa shape index (κ3) is 3.25. The topological polar surface area (TPSA) is 32.7 Å². The second-order valence-corrected chi connectivity index (χ2v) is 4.30. The van der Waals surface area contributed by atoms with E-state index in [-0.39, 0.29) is 5.60 Å². The molecule has 13 heavy (non-hydrogen) atoms. The van der Waals surface area contributed by atoms with Gasteiger partial charge in [0.15, 0.2) is 0 Å². The van der Waals surface area contributed by atoms with E-state index in [1.54, 1.807) is 0 Å². The number of aliphatic hydroxyl groups is 1. The first-order valence-electron chi connectivity index (χ1n) is 5.15. The lowest BCUT2D eigenvalue weighted by molar-refractivity contribution is -0.239. The Labute approximate surface area is 80.7 Å². The molecule has 1 rings (SSSR count). The fraction of sp³-hybridized carbons (Fsp3) is 1.00. The first-order valence-corrected chi connectivity index (χ1v) is 5.15. The molecule has 1 saturated heterocycles. The Bertz CT molecular complexity index is 153. The van der Waals surface area contributed by atoms with Gasteiger partial charge in [-0.15, -0.1) is 0 Å². The van der Waals surface area contributed by atoms with Crippen LogP contribution >= 0.6 is 0 Å². The van der Waals surface area contributed by atoms with E-state index in [1.807, 2.05) is 18.7 Å². The quantitative estimate of drug-likeness (QED) is 0.678. The summed E-state index contributed by atoms with van der Waals surface area (Å²) in [5.74, 6) is 0. The van der Waals surface area contributed by atoms with Gasteiger partial charge in [-0.1, -0.05) is 6.92 Å². The molecular weight excluding hydrogens is 166 g/mol. The summed E-state index contributed by atoms with van der Waals surface area (Å²) in [6.07, 6.45) is 2.55. The number of hydrogen-bond acceptors (Lipinski definition) is 3. The van der Waals surface area contributed by atoms with Gasteiger partial charge in [-0.2, -0.15) is 0 Å². The van der Waals surface area contributed by atoms with Crippen molar-refractivity contribution in [2.24, 2.45) is 0 Å². The largest absolute Gasteiger partial charge is 0.356 e. The zero-order valence-electron chi connectivity index (χ0n) is 8.92. The van der Waals surface area contributed by atoms with Crippen LogP contribution in [0, 0.1) is 0 Å². The van der Waals surface area contributed by atoms with Crippen LogP contribution in [-0.2, 0) is 4.74 Å². The summed E-state index contributed by atoms with van der Waals surface area (Å²) in [5.41, 5.74) is -0.220. The smallest absolute Gasteiger partial charge is 0.216 e. The summed E-state index contributed by atoms with van der Waals surface area (Å²) in [4.78, 5) is 1.98. The van der Waals surface area contributed by atoms with Gasteiger partial charge in [0.25, 0.3) is 0 Å². The van der Waals surface area contributed by atoms with Crippen molar-refractivity contribution in [2.45, 2.75) is 52.0 Å². The normalized spacial score (nSPS) is 22.2. The third-order valence-electron chi connectivity index (χ3n) is 2.73. The summed E-state index contributed by atoms with van der Waals surface area (Å²) >= 11 is 0. The first kappa shape index (κ1) is 11.0. The average molecular weight is 187 g/mol. The van der Waals surface area contributed by atoms with E-state index in [0.29, 0.717) is 0 Å². The van der Waals surface area contributed by atoms with E-state index >= 15 is 0 Å². The lowest BCUT2D eigenvalue weighted by Gasteiger charge is -2.31. The van der Waals surface area contributed by atoms with Gasteiger partial charge in [0, 0.05) is 13.1 Å². The number of nitrogens with zero attached hydrogens (tertiary/aromatic N) is 1. The molecule has 0 radical (unpaired) electrons. The Balaban J connectivity index is 2.35. The highest BCUT2D eigenvalue weighted by Crippen LogP contribution is 2.19. The minimum absolute atomic E-state index is 0.220. The molecule has 1 aliphatic rings. The van der Waals surface area contributed by atoms with Crippen molar-refractivity contribution >= 4 is 0 Å². The maximum atomic E-state index is 9.72. The molecule has 0 amide bonds. The van der Waals surface area contributed by atoms with Crippen LogP contribution in [0.4, 0.5) is 0 Å². The molecule has 1 fully saturated rings. The predicted octanol–water partition coefficient (Wildman–Crippen LogP) is 1.56. The van der Waals surface area contributed by atoms with Gasteiger partial charge in [0.1, 0.15) is 0 Å². The molecular formula is C10H21NO2. The Morgan fingerprint density at radius 1 is 1.38 bits per heavy atom. The van der Waals surface area contributed by atoms with E-state index in [0.717, 1.165) is 19.5 Å². The lowest BCUT2D eigenvalue weighted by Crippen LogP contribution is -2.41. The van der Waals surface area contributed by atoms with Crippen LogP contribution in [0.2, 0.25) is 0 Å². The second kappa shape index (κ2) is 4.40. The zero-order valence-corrected chi connectivity index (χ0v) is 8.92. The number of likely N-dealkylation sites (tertiary alicyclic amines) is 1. The Kier molecular flexibility index (Phi) is 3.71. The van der Waals surface area contributed by atoms with Crippen molar-refractivity contribution in [3.05, 3.63) is 0 Å². The van der Waals surface area contributed by atoms with Gasteiger partial charge < -0.3 is 9.84 Å². The van der Waals surface area contributed by atoms with Gasteiger partial charge in [-0.3, -0.25) is 4.90 Å². The van der Waals surface area contributed by atoms with E-state index in [2.05, 4.69) is 6.92 Å². The van der Waals surface area contributed by atoms with Crippen molar-refractivity contribution in [1.82, 2.24) is 4.90 Å². The molecule has 1 N–H and O–H groups in total. The minimum Gasteiger partial charge on any atom is -0.356 e. The van der Waals surface area contributed by atoms with Crippen LogP contribution in [0.15, 0.2) is 0 Å². The van der Waals surface area contributed by atoms with E-state index in [9.17, 15) is 5.11 Å². The van der Waals surface area contributed by atoms with Crippen molar-refractivity contribution < 1.29 is 9.84 Å². The molecule has 0 aromatic carbocycles. The van der Waals surface area contributed by atoms with Crippen LogP contribution < -0.4 is 0 Å². The molecule has 0 spiro atoms. The molecule has 0 aromatic rings. The number of hydrogen-bond donors (Lipinski definition) is 1. The number of aliphatic hydroxyl groups excluding tert-OH is 1. The Hall–Kier alpha value is -0.120. The van der Waals surface area contributed by atoms with E-state index in [1.165, 1.54) is 12.8 Å². The molecule has 78 valence electrons. The molecule has 1 heterocycles. The number of ether oxygens (including phenoxy) is 1. The number of rotatable bonds is 4. The van der Waals surface area contributed by atoms with Crippen LogP contribution in [0.3, 0.4) is 0 Å². The first-order chi connectivity index (χ1) is 6.05. The SMILES string of the molecule is CCC(C)(C)OC(O)N1CCCC1. The fourth-order valence-electron chi connectivity index (χ4n) is 1.41. The monoisotopic (exact) mass is 187 g/mol. The van der Waals surface area contributed by atoms with Gasteiger partial charge in [-0.05, 0) is 33.1 Å². The molecule has 1 atom stereocenters. The summed E-state index contributed by atoms with van der Waals surface area (Å²) < 4.78 is 5.55. The van der Waals surface area contributed by atoms with Crippen LogP contribution in [0.1, 0.15) is 40.0 Å². The zero-order chi connectivity index (χ0) is 9.90. The molecule has 0 aliphatic carbocycles. The molecule has 1 aliphatic heterocycles. The minimum atomic E-state index is -0.711. The fourth-order valence-corrected chi connectivity index (χ4v) is 1.41.